The lowest BCUT2D eigenvalue weighted by atomic mass is 10.0. The molecule has 34 heavy (non-hydrogen) atoms. The van der Waals surface area contributed by atoms with E-state index in [1.165, 1.54) is 0 Å². The lowest BCUT2D eigenvalue weighted by Gasteiger charge is -2.23. The molecule has 0 radical (unpaired) electrons. The average Bonchev–Trinajstić information content (AvgIpc) is 3.10. The van der Waals surface area contributed by atoms with E-state index in [1.807, 2.05) is 52.8 Å². The second-order valence-electron chi connectivity index (χ2n) is 8.90. The minimum absolute atomic E-state index is 0.379. The zero-order valence-electron chi connectivity index (χ0n) is 20.7. The fraction of sp³-hybridized carbons (Fsp3) is 0.379. The van der Waals surface area contributed by atoms with Crippen molar-refractivity contribution in [3.05, 3.63) is 81.3 Å². The van der Waals surface area contributed by atoms with Gasteiger partial charge in [-0.05, 0) is 76.3 Å². The van der Waals surface area contributed by atoms with E-state index in [4.69, 9.17) is 37.0 Å². The van der Waals surface area contributed by atoms with E-state index in [2.05, 4.69) is 24.7 Å². The first-order chi connectivity index (χ1) is 16.2. The Labute approximate surface area is 208 Å². The van der Waals surface area contributed by atoms with Crippen LogP contribution in [0.5, 0.6) is 11.5 Å². The van der Waals surface area contributed by atoms with Crippen LogP contribution in [0.15, 0.2) is 70.2 Å². The molecule has 5 heteroatoms. The lowest BCUT2D eigenvalue weighted by Crippen LogP contribution is -2.26. The molecule has 1 heterocycles. The van der Waals surface area contributed by atoms with E-state index in [0.717, 1.165) is 39.3 Å². The summed E-state index contributed by atoms with van der Waals surface area (Å²) in [5.74, 6) is 5.42. The van der Waals surface area contributed by atoms with Crippen LogP contribution < -0.4 is 9.47 Å². The van der Waals surface area contributed by atoms with E-state index in [1.54, 1.807) is 0 Å². The molecule has 180 valence electrons. The molecule has 0 fully saturated rings. The topological polar surface area (TPSA) is 36.9 Å². The molecule has 4 nitrogen and oxygen atoms in total. The predicted molar refractivity (Wildman–Crippen MR) is 138 cm³/mol. The van der Waals surface area contributed by atoms with Gasteiger partial charge in [-0.1, -0.05) is 42.3 Å². The molecule has 1 aromatic carbocycles. The molecule has 0 spiro atoms. The maximum absolute atomic E-state index is 6.77. The summed E-state index contributed by atoms with van der Waals surface area (Å²) in [6.45, 7) is 14.7. The van der Waals surface area contributed by atoms with E-state index < -0.39 is 5.60 Å². The van der Waals surface area contributed by atoms with Gasteiger partial charge in [0.25, 0.3) is 0 Å². The van der Waals surface area contributed by atoms with Gasteiger partial charge >= 0.3 is 0 Å². The highest BCUT2D eigenvalue weighted by atomic mass is 35.5. The quantitative estimate of drug-likeness (QED) is 0.298. The van der Waals surface area contributed by atoms with Crippen LogP contribution in [0.3, 0.4) is 0 Å². The van der Waals surface area contributed by atoms with Crippen LogP contribution in [0.25, 0.3) is 0 Å². The highest BCUT2D eigenvalue weighted by molar-refractivity contribution is 6.32. The third kappa shape index (κ3) is 5.90. The highest BCUT2D eigenvalue weighted by Crippen LogP contribution is 2.39. The minimum atomic E-state index is -0.705. The second kappa shape index (κ2) is 10.9. The van der Waals surface area contributed by atoms with Crippen molar-refractivity contribution in [1.82, 2.24) is 0 Å². The van der Waals surface area contributed by atoms with Crippen molar-refractivity contribution < 1.29 is 18.9 Å². The third-order valence-electron chi connectivity index (χ3n) is 5.49. The van der Waals surface area contributed by atoms with Gasteiger partial charge in [0.1, 0.15) is 41.3 Å². The number of fused-ring (bicyclic) bond motifs is 1. The molecule has 1 aliphatic heterocycles. The molecule has 0 N–H and O–H groups in total. The molecule has 0 saturated carbocycles. The summed E-state index contributed by atoms with van der Waals surface area (Å²) in [5, 5.41) is 0.456. The summed E-state index contributed by atoms with van der Waals surface area (Å²) in [7, 11) is 0. The van der Waals surface area contributed by atoms with Crippen LogP contribution in [-0.4, -0.2) is 25.4 Å². The van der Waals surface area contributed by atoms with Crippen LogP contribution in [0.2, 0.25) is 0 Å². The predicted octanol–water partition coefficient (Wildman–Crippen LogP) is 6.94. The minimum Gasteiger partial charge on any atom is -0.492 e. The summed E-state index contributed by atoms with van der Waals surface area (Å²) in [4.78, 5) is 0. The zero-order chi connectivity index (χ0) is 24.9. The van der Waals surface area contributed by atoms with Gasteiger partial charge in [-0.3, -0.25) is 0 Å². The van der Waals surface area contributed by atoms with Crippen molar-refractivity contribution in [2.45, 2.75) is 53.1 Å². The number of ether oxygens (including phenoxy) is 4. The van der Waals surface area contributed by atoms with Gasteiger partial charge in [-0.2, -0.15) is 0 Å². The molecule has 3 rings (SSSR count). The van der Waals surface area contributed by atoms with Gasteiger partial charge in [-0.15, -0.1) is 6.42 Å². The van der Waals surface area contributed by atoms with E-state index in [-0.39, 0.29) is 0 Å². The summed E-state index contributed by atoms with van der Waals surface area (Å²) in [6.07, 6.45) is 13.2. The summed E-state index contributed by atoms with van der Waals surface area (Å²) in [5.41, 5.74) is 4.17. The Hall–Kier alpha value is -3.03. The Morgan fingerprint density at radius 2 is 2.00 bits per heavy atom. The van der Waals surface area contributed by atoms with Crippen LogP contribution in [0.1, 0.15) is 45.2 Å². The second-order valence-corrected chi connectivity index (χ2v) is 9.28. The molecule has 0 aromatic heterocycles. The van der Waals surface area contributed by atoms with Gasteiger partial charge in [0.2, 0.25) is 0 Å². The summed E-state index contributed by atoms with van der Waals surface area (Å²) in [6, 6.07) is 3.99. The van der Waals surface area contributed by atoms with Gasteiger partial charge < -0.3 is 18.9 Å². The zero-order valence-corrected chi connectivity index (χ0v) is 21.5. The Balaban J connectivity index is 1.89. The summed E-state index contributed by atoms with van der Waals surface area (Å²) >= 11 is 6.77. The molecule has 1 aromatic rings. The van der Waals surface area contributed by atoms with Crippen molar-refractivity contribution in [3.8, 4) is 23.8 Å². The fourth-order valence-corrected chi connectivity index (χ4v) is 4.01. The molecule has 0 saturated heterocycles. The Morgan fingerprint density at radius 1 is 1.24 bits per heavy atom. The number of allylic oxidation sites excluding steroid dienone is 5. The number of hydrogen-bond acceptors (Lipinski definition) is 4. The van der Waals surface area contributed by atoms with Crippen LogP contribution in [-0.2, 0) is 15.9 Å². The molecular weight excluding hydrogens is 448 g/mol. The fourth-order valence-electron chi connectivity index (χ4n) is 3.72. The molecule has 1 aliphatic carbocycles. The standard InChI is InChI=1S/C29H33ClO4/c1-8-29(6,7)34-24-16-15-21-13-14-22(18-33-27(21)20(24)5)23-11-10-12-25(32-17-19(3)4)26(30)28(23)31-9-2/h1,11-12,14-16H,3,9-10,13,17-18H2,2,4-7H3. The molecule has 0 amide bonds. The number of hydrogen-bond donors (Lipinski definition) is 0. The number of rotatable bonds is 8. The SMILES string of the molecule is C#CC(C)(C)Oc1ccc2c(c1C)OCC(C1=CCC=C(OCC(=C)C)C(Cl)=C1OCC)=CC2. The average molecular weight is 481 g/mol. The maximum Gasteiger partial charge on any atom is 0.163 e. The maximum atomic E-state index is 6.77. The third-order valence-corrected chi connectivity index (χ3v) is 5.84. The van der Waals surface area contributed by atoms with Gasteiger partial charge in [-0.25, -0.2) is 0 Å². The van der Waals surface area contributed by atoms with Crippen molar-refractivity contribution in [1.29, 1.82) is 0 Å². The van der Waals surface area contributed by atoms with Crippen LogP contribution in [0, 0.1) is 19.3 Å². The Bertz CT molecular complexity index is 1130. The smallest absolute Gasteiger partial charge is 0.163 e. The van der Waals surface area contributed by atoms with E-state index >= 15 is 0 Å². The Morgan fingerprint density at radius 3 is 2.68 bits per heavy atom. The van der Waals surface area contributed by atoms with Gasteiger partial charge in [0, 0.05) is 11.1 Å². The highest BCUT2D eigenvalue weighted by Gasteiger charge is 2.25. The first-order valence-electron chi connectivity index (χ1n) is 11.5. The van der Waals surface area contributed by atoms with E-state index in [0.29, 0.717) is 49.2 Å². The molecule has 0 bridgehead atoms. The summed E-state index contributed by atoms with van der Waals surface area (Å²) < 4.78 is 24.3. The monoisotopic (exact) mass is 480 g/mol. The van der Waals surface area contributed by atoms with Crippen LogP contribution >= 0.6 is 11.6 Å². The first-order valence-corrected chi connectivity index (χ1v) is 11.9. The first kappa shape index (κ1) is 25.6. The molecule has 0 unspecified atom stereocenters. The molecule has 0 atom stereocenters. The van der Waals surface area contributed by atoms with Crippen molar-refractivity contribution in [3.63, 3.8) is 0 Å². The Kier molecular flexibility index (Phi) is 8.23. The van der Waals surface area contributed by atoms with Crippen molar-refractivity contribution in [2.75, 3.05) is 19.8 Å². The normalized spacial score (nSPS) is 16.0. The van der Waals surface area contributed by atoms with Crippen LogP contribution in [0.4, 0.5) is 0 Å². The lowest BCUT2D eigenvalue weighted by molar-refractivity contribution is 0.170. The van der Waals surface area contributed by atoms with Crippen molar-refractivity contribution >= 4 is 11.6 Å². The number of benzene rings is 1. The number of halogens is 1. The largest absolute Gasteiger partial charge is 0.492 e. The molecular formula is C29H33ClO4. The van der Waals surface area contributed by atoms with Gasteiger partial charge in [0.15, 0.2) is 5.60 Å². The van der Waals surface area contributed by atoms with E-state index in [9.17, 15) is 0 Å². The van der Waals surface area contributed by atoms with Crippen molar-refractivity contribution in [2.24, 2.45) is 0 Å². The van der Waals surface area contributed by atoms with Gasteiger partial charge in [0.05, 0.1) is 6.61 Å². The number of terminal acetylenes is 1. The molecule has 2 aliphatic rings.